The summed E-state index contributed by atoms with van der Waals surface area (Å²) < 4.78 is 50.4. The van der Waals surface area contributed by atoms with E-state index in [1.807, 2.05) is 65.6 Å². The molecule has 0 radical (unpaired) electrons. The van der Waals surface area contributed by atoms with Gasteiger partial charge in [0.2, 0.25) is 0 Å². The van der Waals surface area contributed by atoms with Gasteiger partial charge in [0, 0.05) is 56.6 Å². The fourth-order valence-electron chi connectivity index (χ4n) is 4.55. The zero-order chi connectivity index (χ0) is 27.1. The molecule has 0 aliphatic carbocycles. The second kappa shape index (κ2) is 12.4. The molecule has 0 unspecified atom stereocenters. The molecular formula is C30H31F3N4O2. The van der Waals surface area contributed by atoms with Crippen molar-refractivity contribution in [1.29, 1.82) is 0 Å². The van der Waals surface area contributed by atoms with Crippen molar-refractivity contribution in [2.24, 2.45) is 0 Å². The van der Waals surface area contributed by atoms with E-state index in [0.717, 1.165) is 60.6 Å². The van der Waals surface area contributed by atoms with Crippen molar-refractivity contribution in [3.63, 3.8) is 0 Å². The lowest BCUT2D eigenvalue weighted by Crippen LogP contribution is -2.48. The summed E-state index contributed by atoms with van der Waals surface area (Å²) in [7, 11) is 0. The molecule has 1 aliphatic heterocycles. The van der Waals surface area contributed by atoms with Gasteiger partial charge < -0.3 is 19.5 Å². The average molecular weight is 537 g/mol. The van der Waals surface area contributed by atoms with Crippen molar-refractivity contribution < 1.29 is 22.4 Å². The van der Waals surface area contributed by atoms with E-state index in [4.69, 9.17) is 9.26 Å². The Kier molecular flexibility index (Phi) is 8.48. The number of piperazine rings is 1. The van der Waals surface area contributed by atoms with Crippen LogP contribution in [0.25, 0.3) is 11.3 Å². The zero-order valence-corrected chi connectivity index (χ0v) is 21.5. The Morgan fingerprint density at radius 2 is 1.64 bits per heavy atom. The van der Waals surface area contributed by atoms with Gasteiger partial charge in [-0.1, -0.05) is 41.6 Å². The van der Waals surface area contributed by atoms with Crippen LogP contribution in [0.2, 0.25) is 0 Å². The molecule has 1 fully saturated rings. The number of ether oxygens (including phenoxy) is 1. The Balaban J connectivity index is 1.02. The third kappa shape index (κ3) is 7.40. The van der Waals surface area contributed by atoms with Gasteiger partial charge in [0.15, 0.2) is 5.76 Å². The molecule has 5 rings (SSSR count). The highest BCUT2D eigenvalue weighted by Gasteiger charge is 2.31. The normalized spacial score (nSPS) is 14.5. The Morgan fingerprint density at radius 1 is 0.872 bits per heavy atom. The van der Waals surface area contributed by atoms with Gasteiger partial charge in [-0.2, -0.15) is 13.2 Å². The first-order chi connectivity index (χ1) is 18.9. The van der Waals surface area contributed by atoms with E-state index in [2.05, 4.69) is 15.4 Å². The van der Waals surface area contributed by atoms with Gasteiger partial charge in [-0.25, -0.2) is 0 Å². The molecule has 9 heteroatoms. The molecule has 1 N–H and O–H groups in total. The number of benzene rings is 3. The van der Waals surface area contributed by atoms with Crippen LogP contribution in [0.3, 0.4) is 0 Å². The average Bonchev–Trinajstić information content (AvgIpc) is 3.44. The van der Waals surface area contributed by atoms with Crippen molar-refractivity contribution in [2.45, 2.75) is 19.3 Å². The highest BCUT2D eigenvalue weighted by Crippen LogP contribution is 2.32. The summed E-state index contributed by atoms with van der Waals surface area (Å²) in [6, 6.07) is 25.3. The second-order valence-electron chi connectivity index (χ2n) is 9.53. The predicted octanol–water partition coefficient (Wildman–Crippen LogP) is 5.85. The molecule has 204 valence electrons. The van der Waals surface area contributed by atoms with Crippen LogP contribution in [-0.2, 0) is 19.3 Å². The molecule has 3 aromatic carbocycles. The van der Waals surface area contributed by atoms with E-state index in [1.54, 1.807) is 6.07 Å². The Labute approximate surface area is 226 Å². The monoisotopic (exact) mass is 536 g/mol. The lowest BCUT2D eigenvalue weighted by Gasteiger charge is -2.36. The van der Waals surface area contributed by atoms with Crippen molar-refractivity contribution in [3.05, 3.63) is 102 Å². The third-order valence-corrected chi connectivity index (χ3v) is 6.77. The number of nitrogens with one attached hydrogen (secondary N) is 1. The van der Waals surface area contributed by atoms with Crippen LogP contribution in [0.1, 0.15) is 16.9 Å². The predicted molar refractivity (Wildman–Crippen MR) is 145 cm³/mol. The molecule has 0 atom stereocenters. The zero-order valence-electron chi connectivity index (χ0n) is 21.5. The van der Waals surface area contributed by atoms with E-state index < -0.39 is 11.7 Å². The van der Waals surface area contributed by atoms with E-state index in [1.165, 1.54) is 12.1 Å². The minimum atomic E-state index is -4.32. The van der Waals surface area contributed by atoms with Crippen LogP contribution in [0, 0.1) is 0 Å². The van der Waals surface area contributed by atoms with E-state index in [9.17, 15) is 13.2 Å². The highest BCUT2D eigenvalue weighted by atomic mass is 19.4. The molecule has 1 saturated heterocycles. The lowest BCUT2D eigenvalue weighted by molar-refractivity contribution is -0.137. The molecule has 6 nitrogen and oxygen atoms in total. The van der Waals surface area contributed by atoms with Crippen molar-refractivity contribution in [1.82, 2.24) is 15.4 Å². The summed E-state index contributed by atoms with van der Waals surface area (Å²) in [4.78, 5) is 4.32. The summed E-state index contributed by atoms with van der Waals surface area (Å²) in [5.41, 5.74) is 2.86. The van der Waals surface area contributed by atoms with E-state index in [-0.39, 0.29) is 0 Å². The molecule has 0 saturated carbocycles. The van der Waals surface area contributed by atoms with Gasteiger partial charge in [-0.15, -0.1) is 0 Å². The number of nitrogens with zero attached hydrogens (tertiary/aromatic N) is 3. The van der Waals surface area contributed by atoms with Crippen molar-refractivity contribution in [2.75, 3.05) is 44.2 Å². The van der Waals surface area contributed by atoms with Crippen LogP contribution >= 0.6 is 0 Å². The smallest absolute Gasteiger partial charge is 0.416 e. The third-order valence-electron chi connectivity index (χ3n) is 6.77. The van der Waals surface area contributed by atoms with Crippen molar-refractivity contribution >= 4 is 5.69 Å². The molecule has 4 aromatic rings. The van der Waals surface area contributed by atoms with Gasteiger partial charge in [-0.05, 0) is 48.0 Å². The number of hydrogen-bond acceptors (Lipinski definition) is 6. The Morgan fingerprint density at radius 3 is 2.38 bits per heavy atom. The highest BCUT2D eigenvalue weighted by molar-refractivity contribution is 5.59. The van der Waals surface area contributed by atoms with Crippen LogP contribution in [0.5, 0.6) is 5.75 Å². The van der Waals surface area contributed by atoms with Gasteiger partial charge in [0.1, 0.15) is 18.1 Å². The van der Waals surface area contributed by atoms with Crippen LogP contribution < -0.4 is 15.0 Å². The minimum absolute atomic E-state index is 0.519. The number of alkyl halides is 3. The van der Waals surface area contributed by atoms with E-state index >= 15 is 0 Å². The quantitative estimate of drug-likeness (QED) is 0.257. The summed E-state index contributed by atoms with van der Waals surface area (Å²) in [6.45, 7) is 5.70. The summed E-state index contributed by atoms with van der Waals surface area (Å²) >= 11 is 0. The van der Waals surface area contributed by atoms with Gasteiger partial charge >= 0.3 is 6.18 Å². The maximum atomic E-state index is 13.0. The van der Waals surface area contributed by atoms with Crippen molar-refractivity contribution in [3.8, 4) is 17.0 Å². The number of hydrogen-bond donors (Lipinski definition) is 1. The molecule has 0 amide bonds. The maximum Gasteiger partial charge on any atom is 0.416 e. The Hall–Kier alpha value is -3.82. The Bertz CT molecular complexity index is 1320. The number of aromatic nitrogens is 1. The van der Waals surface area contributed by atoms with Crippen LogP contribution in [-0.4, -0.2) is 49.3 Å². The summed E-state index contributed by atoms with van der Waals surface area (Å²) in [6.07, 6.45) is -4.32. The second-order valence-corrected chi connectivity index (χ2v) is 9.53. The molecular weight excluding hydrogens is 505 g/mol. The molecule has 39 heavy (non-hydrogen) atoms. The first kappa shape index (κ1) is 26.8. The fraction of sp³-hybridized carbons (Fsp3) is 0.300. The van der Waals surface area contributed by atoms with E-state index in [0.29, 0.717) is 31.9 Å². The molecule has 0 spiro atoms. The molecule has 1 aliphatic rings. The summed E-state index contributed by atoms with van der Waals surface area (Å²) in [5.74, 6) is 1.55. The van der Waals surface area contributed by atoms with Crippen LogP contribution in [0.15, 0.2) is 89.5 Å². The summed E-state index contributed by atoms with van der Waals surface area (Å²) in [5, 5.41) is 7.58. The molecule has 2 heterocycles. The van der Waals surface area contributed by atoms with Crippen LogP contribution in [0.4, 0.5) is 18.9 Å². The molecule has 1 aromatic heterocycles. The number of rotatable bonds is 10. The first-order valence-corrected chi connectivity index (χ1v) is 13.0. The van der Waals surface area contributed by atoms with Gasteiger partial charge in [0.25, 0.3) is 0 Å². The van der Waals surface area contributed by atoms with Gasteiger partial charge in [0.05, 0.1) is 12.1 Å². The lowest BCUT2D eigenvalue weighted by atomic mass is 10.1. The van der Waals surface area contributed by atoms with Gasteiger partial charge in [-0.3, -0.25) is 4.90 Å². The number of anilines is 1. The number of halogens is 3. The SMILES string of the molecule is FC(F)(F)c1cccc(N2CCN(CCNCc3cc(-c4ccc(OCc5ccccc5)cc4)no3)CC2)c1. The standard InChI is InChI=1S/C30H31F3N4O2/c31-30(32,33)25-7-4-8-26(19-25)37-17-15-36(16-18-37)14-13-34-21-28-20-29(35-39-28)24-9-11-27(12-10-24)38-22-23-5-2-1-3-6-23/h1-12,19-20,34H,13-18,21-22H2. The maximum absolute atomic E-state index is 13.0. The minimum Gasteiger partial charge on any atom is -0.489 e. The molecule has 0 bridgehead atoms. The topological polar surface area (TPSA) is 53.8 Å². The fourth-order valence-corrected chi connectivity index (χ4v) is 4.55. The first-order valence-electron chi connectivity index (χ1n) is 13.0. The largest absolute Gasteiger partial charge is 0.489 e.